The monoisotopic (exact) mass is 245 g/mol. The number of nitrogens with zero attached hydrogens (tertiary/aromatic N) is 2. The van der Waals surface area contributed by atoms with E-state index in [1.54, 1.807) is 6.26 Å². The summed E-state index contributed by atoms with van der Waals surface area (Å²) < 4.78 is 5.30. The lowest BCUT2D eigenvalue weighted by molar-refractivity contribution is 0.535. The molecule has 0 saturated carbocycles. The van der Waals surface area contributed by atoms with Gasteiger partial charge in [-0.3, -0.25) is 0 Å². The van der Waals surface area contributed by atoms with E-state index in [-0.39, 0.29) is 0 Å². The van der Waals surface area contributed by atoms with Crippen LogP contribution in [0, 0.1) is 6.92 Å². The van der Waals surface area contributed by atoms with Crippen LogP contribution in [0.25, 0.3) is 11.4 Å². The van der Waals surface area contributed by atoms with E-state index >= 15 is 0 Å². The zero-order valence-electron chi connectivity index (χ0n) is 11.2. The van der Waals surface area contributed by atoms with Gasteiger partial charge in [0.15, 0.2) is 5.82 Å². The summed E-state index contributed by atoms with van der Waals surface area (Å²) in [7, 11) is 1.93. The van der Waals surface area contributed by atoms with Crippen LogP contribution < -0.4 is 5.32 Å². The Hall–Kier alpha value is -1.68. The molecule has 0 atom stereocenters. The van der Waals surface area contributed by atoms with Gasteiger partial charge < -0.3 is 9.73 Å². The Morgan fingerprint density at radius 1 is 1.39 bits per heavy atom. The van der Waals surface area contributed by atoms with Crippen molar-refractivity contribution in [2.45, 2.75) is 33.2 Å². The second-order valence-corrected chi connectivity index (χ2v) is 4.34. The van der Waals surface area contributed by atoms with E-state index in [2.05, 4.69) is 22.2 Å². The number of hydrogen-bond donors (Lipinski definition) is 1. The summed E-state index contributed by atoms with van der Waals surface area (Å²) in [5.74, 6) is 1.61. The standard InChI is InChI=1S/C14H19N3O/c1-4-5-13-11(8-15-3)9-16-14(17-13)12-6-7-18-10(12)2/h6-7,9,15H,4-5,8H2,1-3H3. The fraction of sp³-hybridized carbons (Fsp3) is 0.429. The van der Waals surface area contributed by atoms with Crippen molar-refractivity contribution in [3.63, 3.8) is 0 Å². The van der Waals surface area contributed by atoms with Crippen molar-refractivity contribution in [1.82, 2.24) is 15.3 Å². The molecule has 0 amide bonds. The van der Waals surface area contributed by atoms with Gasteiger partial charge in [0, 0.05) is 24.0 Å². The molecular formula is C14H19N3O. The molecule has 0 aliphatic carbocycles. The maximum Gasteiger partial charge on any atom is 0.162 e. The summed E-state index contributed by atoms with van der Waals surface area (Å²) >= 11 is 0. The molecule has 1 N–H and O–H groups in total. The van der Waals surface area contributed by atoms with Gasteiger partial charge in [-0.15, -0.1) is 0 Å². The average molecular weight is 245 g/mol. The topological polar surface area (TPSA) is 51.0 Å². The molecule has 2 aromatic rings. The van der Waals surface area contributed by atoms with Gasteiger partial charge in [-0.25, -0.2) is 9.97 Å². The lowest BCUT2D eigenvalue weighted by Crippen LogP contribution is -2.10. The molecule has 18 heavy (non-hydrogen) atoms. The molecule has 0 radical (unpaired) electrons. The van der Waals surface area contributed by atoms with Crippen LogP contribution in [0.4, 0.5) is 0 Å². The van der Waals surface area contributed by atoms with E-state index in [1.807, 2.05) is 26.2 Å². The summed E-state index contributed by atoms with van der Waals surface area (Å²) in [6, 6.07) is 1.91. The molecule has 0 aliphatic heterocycles. The van der Waals surface area contributed by atoms with Gasteiger partial charge in [0.25, 0.3) is 0 Å². The molecule has 0 spiro atoms. The van der Waals surface area contributed by atoms with Crippen LogP contribution in [0.15, 0.2) is 22.9 Å². The van der Waals surface area contributed by atoms with Crippen LogP contribution in [-0.4, -0.2) is 17.0 Å². The normalized spacial score (nSPS) is 10.8. The van der Waals surface area contributed by atoms with Crippen LogP contribution in [0.1, 0.15) is 30.4 Å². The van der Waals surface area contributed by atoms with Crippen molar-refractivity contribution in [3.8, 4) is 11.4 Å². The second-order valence-electron chi connectivity index (χ2n) is 4.34. The Labute approximate surface area is 107 Å². The Morgan fingerprint density at radius 2 is 2.22 bits per heavy atom. The first kappa shape index (κ1) is 12.8. The molecule has 2 rings (SSSR count). The van der Waals surface area contributed by atoms with E-state index in [1.165, 1.54) is 5.56 Å². The fourth-order valence-corrected chi connectivity index (χ4v) is 1.98. The Morgan fingerprint density at radius 3 is 2.83 bits per heavy atom. The van der Waals surface area contributed by atoms with Crippen molar-refractivity contribution < 1.29 is 4.42 Å². The highest BCUT2D eigenvalue weighted by molar-refractivity contribution is 5.57. The molecule has 0 saturated heterocycles. The molecule has 4 heteroatoms. The van der Waals surface area contributed by atoms with E-state index in [0.717, 1.165) is 42.2 Å². The number of aromatic nitrogens is 2. The van der Waals surface area contributed by atoms with Crippen LogP contribution in [0.3, 0.4) is 0 Å². The van der Waals surface area contributed by atoms with Crippen LogP contribution in [0.5, 0.6) is 0 Å². The highest BCUT2D eigenvalue weighted by Gasteiger charge is 2.11. The summed E-state index contributed by atoms with van der Waals surface area (Å²) in [6.07, 6.45) is 5.65. The lowest BCUT2D eigenvalue weighted by Gasteiger charge is -2.08. The smallest absolute Gasteiger partial charge is 0.162 e. The average Bonchev–Trinajstić information content (AvgIpc) is 2.78. The first-order valence-corrected chi connectivity index (χ1v) is 6.30. The van der Waals surface area contributed by atoms with Crippen LogP contribution in [-0.2, 0) is 13.0 Å². The third-order valence-electron chi connectivity index (χ3n) is 2.91. The van der Waals surface area contributed by atoms with Gasteiger partial charge in [-0.2, -0.15) is 0 Å². The van der Waals surface area contributed by atoms with Crippen LogP contribution >= 0.6 is 0 Å². The number of hydrogen-bond acceptors (Lipinski definition) is 4. The van der Waals surface area contributed by atoms with Gasteiger partial charge >= 0.3 is 0 Å². The first-order chi connectivity index (χ1) is 8.76. The van der Waals surface area contributed by atoms with Gasteiger partial charge in [-0.1, -0.05) is 13.3 Å². The highest BCUT2D eigenvalue weighted by atomic mass is 16.3. The molecule has 96 valence electrons. The van der Waals surface area contributed by atoms with Crippen molar-refractivity contribution in [1.29, 1.82) is 0 Å². The second kappa shape index (κ2) is 5.78. The molecule has 0 aromatic carbocycles. The number of aryl methyl sites for hydroxylation is 2. The van der Waals surface area contributed by atoms with Crippen molar-refractivity contribution in [2.75, 3.05) is 7.05 Å². The molecule has 0 aliphatic rings. The zero-order chi connectivity index (χ0) is 13.0. The molecule has 2 aromatic heterocycles. The van der Waals surface area contributed by atoms with E-state index in [9.17, 15) is 0 Å². The van der Waals surface area contributed by atoms with E-state index in [4.69, 9.17) is 4.42 Å². The van der Waals surface area contributed by atoms with Gasteiger partial charge in [-0.05, 0) is 26.5 Å². The van der Waals surface area contributed by atoms with Gasteiger partial charge in [0.1, 0.15) is 5.76 Å². The quantitative estimate of drug-likeness (QED) is 0.880. The first-order valence-electron chi connectivity index (χ1n) is 6.30. The predicted octanol–water partition coefficient (Wildman–Crippen LogP) is 2.72. The third-order valence-corrected chi connectivity index (χ3v) is 2.91. The number of rotatable bonds is 5. The molecule has 0 fully saturated rings. The minimum atomic E-state index is 0.754. The molecule has 0 bridgehead atoms. The highest BCUT2D eigenvalue weighted by Crippen LogP contribution is 2.21. The molecular weight excluding hydrogens is 226 g/mol. The Kier molecular flexibility index (Phi) is 4.10. The Balaban J connectivity index is 2.39. The lowest BCUT2D eigenvalue weighted by atomic mass is 10.1. The maximum absolute atomic E-state index is 5.30. The Bertz CT molecular complexity index is 520. The van der Waals surface area contributed by atoms with E-state index < -0.39 is 0 Å². The number of nitrogens with one attached hydrogen (secondary N) is 1. The number of furan rings is 1. The summed E-state index contributed by atoms with van der Waals surface area (Å²) in [5, 5.41) is 3.15. The zero-order valence-corrected chi connectivity index (χ0v) is 11.2. The molecule has 0 unspecified atom stereocenters. The minimum absolute atomic E-state index is 0.754. The van der Waals surface area contributed by atoms with Gasteiger partial charge in [0.2, 0.25) is 0 Å². The maximum atomic E-state index is 5.30. The van der Waals surface area contributed by atoms with Crippen molar-refractivity contribution >= 4 is 0 Å². The van der Waals surface area contributed by atoms with Crippen LogP contribution in [0.2, 0.25) is 0 Å². The molecule has 2 heterocycles. The third kappa shape index (κ3) is 2.59. The minimum Gasteiger partial charge on any atom is -0.469 e. The summed E-state index contributed by atoms with van der Waals surface area (Å²) in [5.41, 5.74) is 3.27. The summed E-state index contributed by atoms with van der Waals surface area (Å²) in [6.45, 7) is 4.90. The fourth-order valence-electron chi connectivity index (χ4n) is 1.98. The largest absolute Gasteiger partial charge is 0.469 e. The molecule has 4 nitrogen and oxygen atoms in total. The van der Waals surface area contributed by atoms with Crippen molar-refractivity contribution in [3.05, 3.63) is 35.5 Å². The van der Waals surface area contributed by atoms with Crippen molar-refractivity contribution in [2.24, 2.45) is 0 Å². The predicted molar refractivity (Wildman–Crippen MR) is 71.2 cm³/mol. The SMILES string of the molecule is CCCc1nc(-c2ccoc2C)ncc1CNC. The van der Waals surface area contributed by atoms with Gasteiger partial charge in [0.05, 0.1) is 11.8 Å². The van der Waals surface area contributed by atoms with E-state index in [0.29, 0.717) is 0 Å². The summed E-state index contributed by atoms with van der Waals surface area (Å²) in [4.78, 5) is 9.11.